The van der Waals surface area contributed by atoms with E-state index in [4.69, 9.17) is 0 Å². The van der Waals surface area contributed by atoms with Crippen molar-refractivity contribution in [3.63, 3.8) is 0 Å². The highest BCUT2D eigenvalue weighted by Gasteiger charge is 2.31. The Balaban J connectivity index is 1.08. The zero-order chi connectivity index (χ0) is 31.6. The molecular formula is C33H31F3N6O2S. The summed E-state index contributed by atoms with van der Waals surface area (Å²) in [6.07, 6.45) is 0.299. The van der Waals surface area contributed by atoms with Crippen LogP contribution in [-0.4, -0.2) is 37.8 Å². The first kappa shape index (κ1) is 30.3. The highest BCUT2D eigenvalue weighted by Crippen LogP contribution is 2.35. The van der Waals surface area contributed by atoms with Crippen LogP contribution in [-0.2, 0) is 6.42 Å². The summed E-state index contributed by atoms with van der Waals surface area (Å²) >= 11 is 1.46. The second-order valence-corrected chi connectivity index (χ2v) is 11.8. The molecule has 2 amide bonds. The molecular weight excluding hydrogens is 601 g/mol. The van der Waals surface area contributed by atoms with Gasteiger partial charge in [-0.3, -0.25) is 4.57 Å². The van der Waals surface area contributed by atoms with Crippen molar-refractivity contribution in [2.24, 2.45) is 4.99 Å². The average molecular weight is 633 g/mol. The molecule has 0 spiro atoms. The minimum absolute atomic E-state index is 0.0358. The van der Waals surface area contributed by atoms with Gasteiger partial charge in [0.15, 0.2) is 10.6 Å². The fourth-order valence-electron chi connectivity index (χ4n) is 5.73. The van der Waals surface area contributed by atoms with E-state index in [1.165, 1.54) is 57.7 Å². The maximum absolute atomic E-state index is 13.0. The Morgan fingerprint density at radius 3 is 2.56 bits per heavy atom. The lowest BCUT2D eigenvalue weighted by Crippen LogP contribution is -2.32. The first-order valence-corrected chi connectivity index (χ1v) is 15.5. The van der Waals surface area contributed by atoms with Gasteiger partial charge in [0.1, 0.15) is 12.1 Å². The largest absolute Gasteiger partial charge is 0.573 e. The van der Waals surface area contributed by atoms with Crippen LogP contribution < -0.4 is 14.9 Å². The normalized spacial score (nSPS) is 17.0. The Morgan fingerprint density at radius 2 is 1.82 bits per heavy atom. The van der Waals surface area contributed by atoms with Crippen molar-refractivity contribution in [3.8, 4) is 28.5 Å². The van der Waals surface area contributed by atoms with E-state index in [1.54, 1.807) is 0 Å². The molecule has 0 saturated heterocycles. The minimum atomic E-state index is -4.74. The van der Waals surface area contributed by atoms with Crippen molar-refractivity contribution in [1.82, 2.24) is 24.6 Å². The van der Waals surface area contributed by atoms with Gasteiger partial charge in [0, 0.05) is 22.7 Å². The molecule has 1 aliphatic rings. The molecule has 45 heavy (non-hydrogen) atoms. The number of benzene rings is 3. The molecule has 2 aromatic heterocycles. The summed E-state index contributed by atoms with van der Waals surface area (Å²) in [5.41, 5.74) is 5.83. The van der Waals surface area contributed by atoms with Gasteiger partial charge in [0.05, 0.1) is 11.4 Å². The number of carbonyl (C=O) groups excluding carboxylic acids is 1. The Kier molecular flexibility index (Phi) is 8.57. The average Bonchev–Trinajstić information content (AvgIpc) is 3.78. The van der Waals surface area contributed by atoms with Crippen LogP contribution in [0.2, 0.25) is 0 Å². The second kappa shape index (κ2) is 12.7. The zero-order valence-corrected chi connectivity index (χ0v) is 25.5. The summed E-state index contributed by atoms with van der Waals surface area (Å²) in [4.78, 5) is 22.5. The van der Waals surface area contributed by atoms with Crippen LogP contribution in [0.5, 0.6) is 5.75 Å². The van der Waals surface area contributed by atoms with E-state index in [1.807, 2.05) is 41.1 Å². The predicted molar refractivity (Wildman–Crippen MR) is 166 cm³/mol. The Bertz CT molecular complexity index is 1860. The summed E-state index contributed by atoms with van der Waals surface area (Å²) < 4.78 is 44.8. The summed E-state index contributed by atoms with van der Waals surface area (Å²) in [6.45, 7) is 4.14. The number of alkyl halides is 3. The maximum atomic E-state index is 13.0. The number of aromatic nitrogens is 4. The van der Waals surface area contributed by atoms with Gasteiger partial charge >= 0.3 is 12.4 Å². The topological polar surface area (TPSA) is 86.3 Å². The van der Waals surface area contributed by atoms with Gasteiger partial charge in [-0.15, -0.1) is 29.6 Å². The molecule has 5 aromatic rings. The number of nitrogens with one attached hydrogen (secondary N) is 1. The van der Waals surface area contributed by atoms with E-state index in [0.717, 1.165) is 42.6 Å². The molecule has 0 bridgehead atoms. The molecule has 1 N–H and O–H groups in total. The van der Waals surface area contributed by atoms with E-state index in [9.17, 15) is 18.0 Å². The van der Waals surface area contributed by atoms with E-state index >= 15 is 0 Å². The van der Waals surface area contributed by atoms with E-state index < -0.39 is 6.36 Å². The predicted octanol–water partition coefficient (Wildman–Crippen LogP) is 7.50. The van der Waals surface area contributed by atoms with Crippen LogP contribution in [0, 0.1) is 6.92 Å². The van der Waals surface area contributed by atoms with Crippen LogP contribution in [0.4, 0.5) is 18.0 Å². The van der Waals surface area contributed by atoms with Crippen LogP contribution in [0.1, 0.15) is 48.9 Å². The van der Waals surface area contributed by atoms with Crippen LogP contribution in [0.3, 0.4) is 0 Å². The van der Waals surface area contributed by atoms with Gasteiger partial charge < -0.3 is 10.1 Å². The molecule has 0 radical (unpaired) electrons. The molecule has 0 aliphatic heterocycles. The van der Waals surface area contributed by atoms with E-state index in [-0.39, 0.29) is 17.8 Å². The number of nitrogens with zero attached hydrogens (tertiary/aromatic N) is 5. The van der Waals surface area contributed by atoms with E-state index in [0.29, 0.717) is 22.2 Å². The first-order valence-electron chi connectivity index (χ1n) is 14.7. The number of para-hydroxylation sites is 1. The maximum Gasteiger partial charge on any atom is 0.573 e. The molecule has 8 nitrogen and oxygen atoms in total. The van der Waals surface area contributed by atoms with Crippen LogP contribution >= 0.6 is 11.3 Å². The molecule has 3 aromatic carbocycles. The summed E-state index contributed by atoms with van der Waals surface area (Å²) in [5.74, 6) is 0.500. The molecule has 1 fully saturated rings. The molecule has 2 unspecified atom stereocenters. The first-order chi connectivity index (χ1) is 21.7. The zero-order valence-electron chi connectivity index (χ0n) is 24.7. The molecule has 2 atom stereocenters. The van der Waals surface area contributed by atoms with Gasteiger partial charge in [-0.2, -0.15) is 4.99 Å². The standard InChI is InChI=1S/C33H31F3N6O2S/c1-3-22-6-4-5-7-29(22)42-21(2)19-45-32(42)39-31(43)38-26-13-12-25(18-26)23-8-10-24(11-9-23)30-37-20-41(40-30)27-14-16-28(17-15-27)44-33(34,35)36/h4-11,14-17,19-20,25-26H,3,12-13,18H2,1-2H3,(H,38,43). The summed E-state index contributed by atoms with van der Waals surface area (Å²) in [7, 11) is 0. The third kappa shape index (κ3) is 7.01. The molecule has 6 rings (SSSR count). The number of carbonyl (C=O) groups is 1. The Labute approximate surface area is 261 Å². The number of urea groups is 1. The molecule has 2 heterocycles. The number of thiazole rings is 1. The van der Waals surface area contributed by atoms with Gasteiger partial charge in [0.25, 0.3) is 0 Å². The number of amides is 2. The number of hydrogen-bond acceptors (Lipinski definition) is 5. The molecule has 232 valence electrons. The lowest BCUT2D eigenvalue weighted by Gasteiger charge is -2.13. The van der Waals surface area contributed by atoms with Crippen molar-refractivity contribution in [2.45, 2.75) is 57.9 Å². The molecule has 1 saturated carbocycles. The van der Waals surface area contributed by atoms with Crippen molar-refractivity contribution < 1.29 is 22.7 Å². The lowest BCUT2D eigenvalue weighted by atomic mass is 9.96. The quantitative estimate of drug-likeness (QED) is 0.201. The number of halogens is 3. The fourth-order valence-corrected chi connectivity index (χ4v) is 6.59. The van der Waals surface area contributed by atoms with Gasteiger partial charge in [-0.25, -0.2) is 14.5 Å². The van der Waals surface area contributed by atoms with Crippen molar-refractivity contribution in [2.75, 3.05) is 0 Å². The third-order valence-electron chi connectivity index (χ3n) is 7.92. The van der Waals surface area contributed by atoms with Crippen LogP contribution in [0.25, 0.3) is 22.8 Å². The van der Waals surface area contributed by atoms with E-state index in [2.05, 4.69) is 56.3 Å². The Morgan fingerprint density at radius 1 is 1.07 bits per heavy atom. The van der Waals surface area contributed by atoms with Gasteiger partial charge in [-0.1, -0.05) is 49.4 Å². The molecule has 1 aliphatic carbocycles. The van der Waals surface area contributed by atoms with Crippen LogP contribution in [0.15, 0.2) is 89.5 Å². The highest BCUT2D eigenvalue weighted by atomic mass is 32.1. The number of hydrogen-bond donors (Lipinski definition) is 1. The molecule has 12 heteroatoms. The van der Waals surface area contributed by atoms with Crippen molar-refractivity contribution in [3.05, 3.63) is 106 Å². The Hall–Kier alpha value is -4.71. The third-order valence-corrected chi connectivity index (χ3v) is 8.86. The van der Waals surface area contributed by atoms with Gasteiger partial charge in [-0.05, 0) is 80.0 Å². The number of aryl methyl sites for hydroxylation is 2. The fraction of sp³-hybridized carbons (Fsp3) is 0.273. The summed E-state index contributed by atoms with van der Waals surface area (Å²) in [5, 5.41) is 9.61. The number of ether oxygens (including phenoxy) is 1. The highest BCUT2D eigenvalue weighted by molar-refractivity contribution is 7.07. The van der Waals surface area contributed by atoms with Crippen molar-refractivity contribution in [1.29, 1.82) is 0 Å². The summed E-state index contributed by atoms with van der Waals surface area (Å²) in [6, 6.07) is 21.3. The second-order valence-electron chi connectivity index (χ2n) is 10.9. The lowest BCUT2D eigenvalue weighted by molar-refractivity contribution is -0.274. The monoisotopic (exact) mass is 632 g/mol. The number of rotatable bonds is 7. The van der Waals surface area contributed by atoms with Crippen molar-refractivity contribution >= 4 is 17.4 Å². The smallest absolute Gasteiger partial charge is 0.406 e. The SMILES string of the molecule is CCc1ccccc1-n1c(C)csc1=NC(=O)NC1CCC(c2ccc(-c3ncn(-c4ccc(OC(F)(F)F)cc4)n3)cc2)C1. The van der Waals surface area contributed by atoms with Gasteiger partial charge in [0.2, 0.25) is 0 Å². The minimum Gasteiger partial charge on any atom is -0.406 e.